The van der Waals surface area contributed by atoms with Crippen LogP contribution in [0.4, 0.5) is 4.39 Å². The zero-order valence-corrected chi connectivity index (χ0v) is 15.9. The molecule has 0 radical (unpaired) electrons. The number of nitrogens with one attached hydrogen (secondary N) is 1. The summed E-state index contributed by atoms with van der Waals surface area (Å²) in [4.78, 5) is 11.9. The SMILES string of the molecule is COc1ccc(CCNC(=O)CCc2ccc(Br)cc2F)cc1OC. The molecule has 0 aliphatic carbocycles. The fourth-order valence-corrected chi connectivity index (χ4v) is 2.78. The highest BCUT2D eigenvalue weighted by Crippen LogP contribution is 2.27. The first kappa shape index (κ1) is 19.2. The van der Waals surface area contributed by atoms with E-state index in [9.17, 15) is 9.18 Å². The predicted octanol–water partition coefficient (Wildman–Crippen LogP) is 3.90. The normalized spacial score (nSPS) is 10.4. The number of halogens is 2. The van der Waals surface area contributed by atoms with Gasteiger partial charge in [-0.25, -0.2) is 4.39 Å². The van der Waals surface area contributed by atoms with E-state index in [1.165, 1.54) is 6.07 Å². The first-order chi connectivity index (χ1) is 12.0. The van der Waals surface area contributed by atoms with Crippen molar-refractivity contribution in [3.05, 3.63) is 57.8 Å². The Morgan fingerprint density at radius 3 is 2.52 bits per heavy atom. The molecule has 0 aliphatic rings. The monoisotopic (exact) mass is 409 g/mol. The molecule has 134 valence electrons. The van der Waals surface area contributed by atoms with Crippen LogP contribution in [-0.2, 0) is 17.6 Å². The van der Waals surface area contributed by atoms with Crippen molar-refractivity contribution < 1.29 is 18.7 Å². The fraction of sp³-hybridized carbons (Fsp3) is 0.316. The summed E-state index contributed by atoms with van der Waals surface area (Å²) in [5, 5.41) is 2.86. The Morgan fingerprint density at radius 1 is 1.08 bits per heavy atom. The topological polar surface area (TPSA) is 47.6 Å². The zero-order valence-electron chi connectivity index (χ0n) is 14.3. The van der Waals surface area contributed by atoms with Crippen LogP contribution >= 0.6 is 15.9 Å². The molecule has 0 bridgehead atoms. The van der Waals surface area contributed by atoms with E-state index in [1.807, 2.05) is 18.2 Å². The van der Waals surface area contributed by atoms with Gasteiger partial charge < -0.3 is 14.8 Å². The average Bonchev–Trinajstić information content (AvgIpc) is 2.60. The Bertz CT molecular complexity index is 737. The van der Waals surface area contributed by atoms with Gasteiger partial charge in [0, 0.05) is 17.4 Å². The molecule has 4 nitrogen and oxygen atoms in total. The Kier molecular flexibility index (Phi) is 7.25. The van der Waals surface area contributed by atoms with Crippen LogP contribution in [0.5, 0.6) is 11.5 Å². The average molecular weight is 410 g/mol. The molecule has 0 atom stereocenters. The highest BCUT2D eigenvalue weighted by Gasteiger charge is 2.08. The van der Waals surface area contributed by atoms with Crippen molar-refractivity contribution in [1.82, 2.24) is 5.32 Å². The molecular weight excluding hydrogens is 389 g/mol. The van der Waals surface area contributed by atoms with E-state index in [4.69, 9.17) is 9.47 Å². The van der Waals surface area contributed by atoms with E-state index in [0.717, 1.165) is 5.56 Å². The second-order valence-corrected chi connectivity index (χ2v) is 6.44. The van der Waals surface area contributed by atoms with Gasteiger partial charge in [0.1, 0.15) is 5.82 Å². The van der Waals surface area contributed by atoms with Gasteiger partial charge in [-0.05, 0) is 48.2 Å². The third kappa shape index (κ3) is 5.74. The van der Waals surface area contributed by atoms with Crippen molar-refractivity contribution in [3.8, 4) is 11.5 Å². The van der Waals surface area contributed by atoms with Gasteiger partial charge in [0.15, 0.2) is 11.5 Å². The molecule has 0 aromatic heterocycles. The Balaban J connectivity index is 1.78. The Hall–Kier alpha value is -2.08. The number of ether oxygens (including phenoxy) is 2. The first-order valence-corrected chi connectivity index (χ1v) is 8.74. The van der Waals surface area contributed by atoms with Gasteiger partial charge in [0.05, 0.1) is 14.2 Å². The lowest BCUT2D eigenvalue weighted by Crippen LogP contribution is -2.26. The molecule has 2 rings (SSSR count). The molecule has 0 aliphatic heterocycles. The summed E-state index contributed by atoms with van der Waals surface area (Å²) in [5.41, 5.74) is 1.58. The second kappa shape index (κ2) is 9.42. The van der Waals surface area contributed by atoms with E-state index in [0.29, 0.717) is 40.9 Å². The highest BCUT2D eigenvalue weighted by molar-refractivity contribution is 9.10. The maximum atomic E-state index is 13.7. The molecule has 1 amide bonds. The van der Waals surface area contributed by atoms with Crippen LogP contribution in [0, 0.1) is 5.82 Å². The minimum absolute atomic E-state index is 0.0946. The van der Waals surface area contributed by atoms with Crippen molar-refractivity contribution >= 4 is 21.8 Å². The molecule has 2 aromatic carbocycles. The number of rotatable bonds is 8. The van der Waals surface area contributed by atoms with Crippen LogP contribution in [-0.4, -0.2) is 26.7 Å². The van der Waals surface area contributed by atoms with E-state index in [2.05, 4.69) is 21.2 Å². The van der Waals surface area contributed by atoms with Crippen molar-refractivity contribution in [2.45, 2.75) is 19.3 Å². The maximum Gasteiger partial charge on any atom is 0.220 e. The summed E-state index contributed by atoms with van der Waals surface area (Å²) in [5.74, 6) is 0.944. The van der Waals surface area contributed by atoms with E-state index in [-0.39, 0.29) is 18.1 Å². The van der Waals surface area contributed by atoms with Crippen LogP contribution in [0.1, 0.15) is 17.5 Å². The number of aryl methyl sites for hydroxylation is 1. The number of hydrogen-bond donors (Lipinski definition) is 1. The number of amides is 1. The molecule has 25 heavy (non-hydrogen) atoms. The Labute approximate surface area is 155 Å². The number of hydrogen-bond acceptors (Lipinski definition) is 3. The minimum atomic E-state index is -0.299. The van der Waals surface area contributed by atoms with Crippen molar-refractivity contribution in [1.29, 1.82) is 0 Å². The maximum absolute atomic E-state index is 13.7. The summed E-state index contributed by atoms with van der Waals surface area (Å²) >= 11 is 3.22. The van der Waals surface area contributed by atoms with E-state index < -0.39 is 0 Å². The third-order valence-electron chi connectivity index (χ3n) is 3.82. The summed E-state index contributed by atoms with van der Waals surface area (Å²) in [6.07, 6.45) is 1.31. The predicted molar refractivity (Wildman–Crippen MR) is 98.7 cm³/mol. The van der Waals surface area contributed by atoms with Crippen LogP contribution in [0.15, 0.2) is 40.9 Å². The van der Waals surface area contributed by atoms with Gasteiger partial charge in [0.25, 0.3) is 0 Å². The van der Waals surface area contributed by atoms with Crippen LogP contribution in [0.2, 0.25) is 0 Å². The largest absolute Gasteiger partial charge is 0.493 e. The van der Waals surface area contributed by atoms with Gasteiger partial charge in [-0.2, -0.15) is 0 Å². The molecule has 0 fully saturated rings. The van der Waals surface area contributed by atoms with E-state index >= 15 is 0 Å². The molecular formula is C19H21BrFNO3. The summed E-state index contributed by atoms with van der Waals surface area (Å²) < 4.78 is 24.9. The van der Waals surface area contributed by atoms with Gasteiger partial charge in [-0.1, -0.05) is 28.1 Å². The standard InChI is InChI=1S/C19H21BrFNO3/c1-24-17-7-3-13(11-18(17)25-2)9-10-22-19(23)8-5-14-4-6-15(20)12-16(14)21/h3-4,6-7,11-12H,5,8-10H2,1-2H3,(H,22,23). The lowest BCUT2D eigenvalue weighted by molar-refractivity contribution is -0.121. The van der Waals surface area contributed by atoms with Gasteiger partial charge >= 0.3 is 0 Å². The molecule has 6 heteroatoms. The van der Waals surface area contributed by atoms with Crippen molar-refractivity contribution in [2.75, 3.05) is 20.8 Å². The van der Waals surface area contributed by atoms with Gasteiger partial charge in [-0.3, -0.25) is 4.79 Å². The number of benzene rings is 2. The number of methoxy groups -OCH3 is 2. The Morgan fingerprint density at radius 2 is 1.84 bits per heavy atom. The fourth-order valence-electron chi connectivity index (χ4n) is 2.44. The van der Waals surface area contributed by atoms with Crippen molar-refractivity contribution in [2.24, 2.45) is 0 Å². The number of carbonyl (C=O) groups excluding carboxylic acids is 1. The van der Waals surface area contributed by atoms with E-state index in [1.54, 1.807) is 26.4 Å². The third-order valence-corrected chi connectivity index (χ3v) is 4.31. The minimum Gasteiger partial charge on any atom is -0.493 e. The molecule has 1 N–H and O–H groups in total. The molecule has 0 spiro atoms. The highest BCUT2D eigenvalue weighted by atomic mass is 79.9. The molecule has 0 heterocycles. The lowest BCUT2D eigenvalue weighted by atomic mass is 10.1. The molecule has 0 saturated carbocycles. The van der Waals surface area contributed by atoms with Crippen LogP contribution in [0.25, 0.3) is 0 Å². The quantitative estimate of drug-likeness (QED) is 0.718. The molecule has 0 unspecified atom stereocenters. The smallest absolute Gasteiger partial charge is 0.220 e. The number of carbonyl (C=O) groups is 1. The molecule has 0 saturated heterocycles. The molecule has 2 aromatic rings. The first-order valence-electron chi connectivity index (χ1n) is 7.95. The lowest BCUT2D eigenvalue weighted by Gasteiger charge is -2.10. The summed E-state index contributed by atoms with van der Waals surface area (Å²) in [7, 11) is 3.18. The summed E-state index contributed by atoms with van der Waals surface area (Å²) in [6, 6.07) is 10.5. The summed E-state index contributed by atoms with van der Waals surface area (Å²) in [6.45, 7) is 0.511. The van der Waals surface area contributed by atoms with Gasteiger partial charge in [-0.15, -0.1) is 0 Å². The van der Waals surface area contributed by atoms with Crippen LogP contribution in [0.3, 0.4) is 0 Å². The zero-order chi connectivity index (χ0) is 18.2. The van der Waals surface area contributed by atoms with Crippen molar-refractivity contribution in [3.63, 3.8) is 0 Å². The second-order valence-electron chi connectivity index (χ2n) is 5.53. The van der Waals surface area contributed by atoms with Crippen LogP contribution < -0.4 is 14.8 Å². The van der Waals surface area contributed by atoms with Gasteiger partial charge in [0.2, 0.25) is 5.91 Å².